The zero-order chi connectivity index (χ0) is 15.5. The van der Waals surface area contributed by atoms with Gasteiger partial charge in [0.15, 0.2) is 0 Å². The number of hydrogen-bond acceptors (Lipinski definition) is 4. The SMILES string of the molecule is Cc1ccc(S(=O)(=O)Cl)c(C(=O)NCCc2ccco2)c1. The van der Waals surface area contributed by atoms with Crippen molar-refractivity contribution in [2.75, 3.05) is 6.54 Å². The molecule has 0 saturated heterocycles. The quantitative estimate of drug-likeness (QED) is 0.856. The van der Waals surface area contributed by atoms with E-state index in [0.29, 0.717) is 13.0 Å². The van der Waals surface area contributed by atoms with Crippen molar-refractivity contribution in [1.29, 1.82) is 0 Å². The Hall–Kier alpha value is -1.79. The highest BCUT2D eigenvalue weighted by atomic mass is 35.7. The maximum Gasteiger partial charge on any atom is 0.262 e. The van der Waals surface area contributed by atoms with Gasteiger partial charge in [-0.15, -0.1) is 0 Å². The smallest absolute Gasteiger partial charge is 0.262 e. The van der Waals surface area contributed by atoms with Crippen LogP contribution in [0.25, 0.3) is 0 Å². The number of benzene rings is 1. The van der Waals surface area contributed by atoms with E-state index in [1.54, 1.807) is 31.4 Å². The molecule has 1 N–H and O–H groups in total. The monoisotopic (exact) mass is 327 g/mol. The van der Waals surface area contributed by atoms with Gasteiger partial charge in [0.05, 0.1) is 16.7 Å². The topological polar surface area (TPSA) is 76.4 Å². The lowest BCUT2D eigenvalue weighted by Crippen LogP contribution is -2.27. The number of nitrogens with one attached hydrogen (secondary N) is 1. The van der Waals surface area contributed by atoms with Crippen LogP contribution in [0.15, 0.2) is 45.9 Å². The van der Waals surface area contributed by atoms with Crippen LogP contribution in [-0.2, 0) is 15.5 Å². The molecular weight excluding hydrogens is 314 g/mol. The first kappa shape index (κ1) is 15.6. The fourth-order valence-corrected chi connectivity index (χ4v) is 2.93. The summed E-state index contributed by atoms with van der Waals surface area (Å²) in [5.74, 6) is 0.259. The van der Waals surface area contributed by atoms with Crippen molar-refractivity contribution in [2.45, 2.75) is 18.2 Å². The average molecular weight is 328 g/mol. The van der Waals surface area contributed by atoms with Gasteiger partial charge in [0.25, 0.3) is 15.0 Å². The van der Waals surface area contributed by atoms with Gasteiger partial charge in [-0.3, -0.25) is 4.79 Å². The number of furan rings is 1. The van der Waals surface area contributed by atoms with Crippen molar-refractivity contribution >= 4 is 25.6 Å². The molecule has 0 unspecified atom stereocenters. The summed E-state index contributed by atoms with van der Waals surface area (Å²) in [6, 6.07) is 7.98. The van der Waals surface area contributed by atoms with Gasteiger partial charge < -0.3 is 9.73 Å². The molecule has 0 aliphatic rings. The van der Waals surface area contributed by atoms with E-state index in [0.717, 1.165) is 11.3 Å². The van der Waals surface area contributed by atoms with Gasteiger partial charge in [-0.1, -0.05) is 11.6 Å². The zero-order valence-electron chi connectivity index (χ0n) is 11.3. The molecule has 21 heavy (non-hydrogen) atoms. The molecule has 0 radical (unpaired) electrons. The molecule has 0 saturated carbocycles. The average Bonchev–Trinajstić information content (AvgIpc) is 2.90. The third-order valence-corrected chi connectivity index (χ3v) is 4.26. The molecule has 1 amide bonds. The van der Waals surface area contributed by atoms with Crippen LogP contribution in [0.3, 0.4) is 0 Å². The molecule has 7 heteroatoms. The molecule has 0 spiro atoms. The number of hydrogen-bond donors (Lipinski definition) is 1. The summed E-state index contributed by atoms with van der Waals surface area (Å²) >= 11 is 0. The molecule has 112 valence electrons. The van der Waals surface area contributed by atoms with Crippen LogP contribution in [0.4, 0.5) is 0 Å². The Balaban J connectivity index is 2.13. The Labute approximate surface area is 127 Å². The van der Waals surface area contributed by atoms with Gasteiger partial charge in [-0.25, -0.2) is 8.42 Å². The summed E-state index contributed by atoms with van der Waals surface area (Å²) in [5, 5.41) is 2.65. The Morgan fingerprint density at radius 2 is 2.10 bits per heavy atom. The molecule has 0 bridgehead atoms. The molecule has 2 aromatic rings. The van der Waals surface area contributed by atoms with Crippen LogP contribution in [0.1, 0.15) is 21.7 Å². The summed E-state index contributed by atoms with van der Waals surface area (Å²) < 4.78 is 28.2. The molecule has 1 heterocycles. The number of carbonyl (C=O) groups excluding carboxylic acids is 1. The molecule has 0 atom stereocenters. The highest BCUT2D eigenvalue weighted by molar-refractivity contribution is 8.13. The molecule has 1 aromatic heterocycles. The van der Waals surface area contributed by atoms with Gasteiger partial charge in [-0.05, 0) is 31.2 Å². The summed E-state index contributed by atoms with van der Waals surface area (Å²) in [4.78, 5) is 11.9. The predicted molar refractivity (Wildman–Crippen MR) is 79.0 cm³/mol. The highest BCUT2D eigenvalue weighted by Gasteiger charge is 2.20. The van der Waals surface area contributed by atoms with Crippen molar-refractivity contribution in [3.8, 4) is 0 Å². The largest absolute Gasteiger partial charge is 0.469 e. The number of rotatable bonds is 5. The molecule has 0 fully saturated rings. The van der Waals surface area contributed by atoms with Crippen molar-refractivity contribution in [1.82, 2.24) is 5.32 Å². The maximum atomic E-state index is 12.1. The van der Waals surface area contributed by atoms with Crippen LogP contribution in [0, 0.1) is 6.92 Å². The van der Waals surface area contributed by atoms with Gasteiger partial charge in [0.2, 0.25) is 0 Å². The summed E-state index contributed by atoms with van der Waals surface area (Å²) in [6.07, 6.45) is 2.07. The molecule has 1 aromatic carbocycles. The second kappa shape index (κ2) is 6.32. The van der Waals surface area contributed by atoms with Crippen molar-refractivity contribution in [3.63, 3.8) is 0 Å². The molecule has 5 nitrogen and oxygen atoms in total. The Morgan fingerprint density at radius 3 is 2.71 bits per heavy atom. The summed E-state index contributed by atoms with van der Waals surface area (Å²) in [5.41, 5.74) is 0.819. The van der Waals surface area contributed by atoms with E-state index >= 15 is 0 Å². The maximum absolute atomic E-state index is 12.1. The number of carbonyl (C=O) groups is 1. The minimum absolute atomic E-state index is 0.0458. The van der Waals surface area contributed by atoms with Gasteiger partial charge in [0.1, 0.15) is 5.76 Å². The van der Waals surface area contributed by atoms with Crippen LogP contribution >= 0.6 is 10.7 Å². The fraction of sp³-hybridized carbons (Fsp3) is 0.214. The van der Waals surface area contributed by atoms with E-state index in [4.69, 9.17) is 15.1 Å². The van der Waals surface area contributed by atoms with Crippen molar-refractivity contribution < 1.29 is 17.6 Å². The van der Waals surface area contributed by atoms with E-state index in [2.05, 4.69) is 5.32 Å². The lowest BCUT2D eigenvalue weighted by atomic mass is 10.1. The van der Waals surface area contributed by atoms with Gasteiger partial charge in [-0.2, -0.15) is 0 Å². The van der Waals surface area contributed by atoms with E-state index < -0.39 is 15.0 Å². The first-order valence-corrected chi connectivity index (χ1v) is 8.55. The highest BCUT2D eigenvalue weighted by Crippen LogP contribution is 2.21. The van der Waals surface area contributed by atoms with Crippen molar-refractivity contribution in [2.24, 2.45) is 0 Å². The third-order valence-electron chi connectivity index (χ3n) is 2.88. The van der Waals surface area contributed by atoms with E-state index in [1.807, 2.05) is 0 Å². The Morgan fingerprint density at radius 1 is 1.33 bits per heavy atom. The first-order chi connectivity index (χ1) is 9.88. The number of amides is 1. The predicted octanol–water partition coefficient (Wildman–Crippen LogP) is 2.49. The summed E-state index contributed by atoms with van der Waals surface area (Å²) in [6.45, 7) is 2.10. The van der Waals surface area contributed by atoms with Crippen LogP contribution in [0.5, 0.6) is 0 Å². The van der Waals surface area contributed by atoms with Crippen LogP contribution < -0.4 is 5.32 Å². The first-order valence-electron chi connectivity index (χ1n) is 6.24. The second-order valence-electron chi connectivity index (χ2n) is 4.52. The summed E-state index contributed by atoms with van der Waals surface area (Å²) in [7, 11) is 1.38. The van der Waals surface area contributed by atoms with Crippen LogP contribution in [-0.4, -0.2) is 20.9 Å². The van der Waals surface area contributed by atoms with E-state index in [9.17, 15) is 13.2 Å². The molecule has 2 rings (SSSR count). The van der Waals surface area contributed by atoms with Crippen LogP contribution in [0.2, 0.25) is 0 Å². The molecule has 0 aliphatic heterocycles. The fourth-order valence-electron chi connectivity index (χ4n) is 1.88. The molecule has 0 aliphatic carbocycles. The molecular formula is C14H14ClNO4S. The number of halogens is 1. The lowest BCUT2D eigenvalue weighted by molar-refractivity contribution is 0.0950. The van der Waals surface area contributed by atoms with Crippen molar-refractivity contribution in [3.05, 3.63) is 53.5 Å². The second-order valence-corrected chi connectivity index (χ2v) is 7.06. The minimum atomic E-state index is -3.97. The van der Waals surface area contributed by atoms with Gasteiger partial charge >= 0.3 is 0 Å². The Kier molecular flexibility index (Phi) is 4.69. The number of aryl methyl sites for hydroxylation is 1. The normalized spacial score (nSPS) is 11.3. The zero-order valence-corrected chi connectivity index (χ0v) is 12.9. The third kappa shape index (κ3) is 4.09. The minimum Gasteiger partial charge on any atom is -0.469 e. The Bertz CT molecular complexity index is 738. The standard InChI is InChI=1S/C14H14ClNO4S/c1-10-4-5-13(21(15,18)19)12(9-10)14(17)16-7-6-11-3-2-8-20-11/h2-5,8-9H,6-7H2,1H3,(H,16,17). The van der Waals surface area contributed by atoms with Gasteiger partial charge in [0, 0.05) is 23.6 Å². The van der Waals surface area contributed by atoms with E-state index in [-0.39, 0.29) is 10.5 Å². The van der Waals surface area contributed by atoms with E-state index in [1.165, 1.54) is 12.1 Å². The lowest BCUT2D eigenvalue weighted by Gasteiger charge is -2.08.